The maximum Gasteiger partial charge on any atom is 0.230 e. The van der Waals surface area contributed by atoms with Crippen molar-refractivity contribution in [1.82, 2.24) is 40.1 Å². The molecule has 0 radical (unpaired) electrons. The van der Waals surface area contributed by atoms with Crippen LogP contribution in [-0.2, 0) is 6.54 Å². The Morgan fingerprint density at radius 2 is 1.80 bits per heavy atom. The molecule has 1 aliphatic heterocycles. The second kappa shape index (κ2) is 6.75. The Balaban J connectivity index is 1.54. The quantitative estimate of drug-likeness (QED) is 0.725. The van der Waals surface area contributed by atoms with E-state index < -0.39 is 0 Å². The van der Waals surface area contributed by atoms with Gasteiger partial charge in [0.2, 0.25) is 17.7 Å². The number of aromatic nitrogens is 8. The van der Waals surface area contributed by atoms with Gasteiger partial charge in [-0.15, -0.1) is 10.2 Å². The zero-order chi connectivity index (χ0) is 17.1. The summed E-state index contributed by atoms with van der Waals surface area (Å²) in [6.45, 7) is 2.17. The van der Waals surface area contributed by atoms with Gasteiger partial charge >= 0.3 is 0 Å². The zero-order valence-electron chi connectivity index (χ0n) is 13.7. The molecule has 0 unspecified atom stereocenters. The van der Waals surface area contributed by atoms with Gasteiger partial charge in [0.05, 0.1) is 0 Å². The van der Waals surface area contributed by atoms with Crippen LogP contribution in [0.5, 0.6) is 0 Å². The molecular formula is C15H18N10. The molecule has 0 atom stereocenters. The molecule has 10 nitrogen and oxygen atoms in total. The highest BCUT2D eigenvalue weighted by molar-refractivity contribution is 5.52. The van der Waals surface area contributed by atoms with Crippen LogP contribution in [0.1, 0.15) is 25.1 Å². The molecule has 128 valence electrons. The van der Waals surface area contributed by atoms with Gasteiger partial charge < -0.3 is 10.6 Å². The van der Waals surface area contributed by atoms with Crippen molar-refractivity contribution in [3.8, 4) is 11.4 Å². The number of nitrogen functional groups attached to an aromatic ring is 1. The molecule has 10 heteroatoms. The standard InChI is InChI=1S/C15H18N10/c16-14-18-12(19-15(20-14)24-8-2-1-3-9-24)10-25-22-13(21-23-25)11-4-6-17-7-5-11/h4-7H,1-3,8-10H2,(H2,16,18,19,20). The lowest BCUT2D eigenvalue weighted by molar-refractivity contribution is 0.544. The lowest BCUT2D eigenvalue weighted by Crippen LogP contribution is -2.31. The van der Waals surface area contributed by atoms with Crippen LogP contribution in [0.25, 0.3) is 11.4 Å². The molecule has 3 aromatic rings. The molecule has 0 aliphatic carbocycles. The molecule has 0 amide bonds. The van der Waals surface area contributed by atoms with Crippen molar-refractivity contribution in [3.63, 3.8) is 0 Å². The van der Waals surface area contributed by atoms with Gasteiger partial charge in [-0.2, -0.15) is 19.7 Å². The third-order valence-electron chi connectivity index (χ3n) is 4.00. The van der Waals surface area contributed by atoms with E-state index in [0.717, 1.165) is 31.5 Å². The Kier molecular flexibility index (Phi) is 4.15. The normalized spacial score (nSPS) is 14.6. The van der Waals surface area contributed by atoms with Crippen molar-refractivity contribution >= 4 is 11.9 Å². The van der Waals surface area contributed by atoms with Gasteiger partial charge in [0.15, 0.2) is 5.82 Å². The number of anilines is 2. The van der Waals surface area contributed by atoms with Crippen molar-refractivity contribution in [2.24, 2.45) is 0 Å². The van der Waals surface area contributed by atoms with E-state index >= 15 is 0 Å². The molecular weight excluding hydrogens is 320 g/mol. The minimum Gasteiger partial charge on any atom is -0.368 e. The van der Waals surface area contributed by atoms with Crippen LogP contribution in [0.3, 0.4) is 0 Å². The molecule has 1 saturated heterocycles. The predicted octanol–water partition coefficient (Wildman–Crippen LogP) is 0.541. The van der Waals surface area contributed by atoms with E-state index in [2.05, 4.69) is 40.2 Å². The monoisotopic (exact) mass is 338 g/mol. The molecule has 0 spiro atoms. The first-order valence-electron chi connectivity index (χ1n) is 8.21. The van der Waals surface area contributed by atoms with Gasteiger partial charge in [0.25, 0.3) is 0 Å². The fraction of sp³-hybridized carbons (Fsp3) is 0.400. The summed E-state index contributed by atoms with van der Waals surface area (Å²) in [6, 6.07) is 3.66. The predicted molar refractivity (Wildman–Crippen MR) is 90.5 cm³/mol. The van der Waals surface area contributed by atoms with E-state index in [1.807, 2.05) is 12.1 Å². The van der Waals surface area contributed by atoms with Crippen LogP contribution < -0.4 is 10.6 Å². The fourth-order valence-corrected chi connectivity index (χ4v) is 2.78. The third kappa shape index (κ3) is 3.52. The Morgan fingerprint density at radius 3 is 2.60 bits per heavy atom. The van der Waals surface area contributed by atoms with Crippen molar-refractivity contribution in [1.29, 1.82) is 0 Å². The number of piperidine rings is 1. The molecule has 0 aromatic carbocycles. The third-order valence-corrected chi connectivity index (χ3v) is 4.00. The maximum absolute atomic E-state index is 5.85. The van der Waals surface area contributed by atoms with E-state index in [9.17, 15) is 0 Å². The summed E-state index contributed by atoms with van der Waals surface area (Å²) in [4.78, 5) is 20.5. The van der Waals surface area contributed by atoms with Crippen LogP contribution >= 0.6 is 0 Å². The van der Waals surface area contributed by atoms with Crippen LogP contribution in [0, 0.1) is 0 Å². The van der Waals surface area contributed by atoms with E-state index in [0.29, 0.717) is 17.6 Å². The SMILES string of the molecule is Nc1nc(Cn2nnc(-c3ccncc3)n2)nc(N2CCCCC2)n1. The van der Waals surface area contributed by atoms with Gasteiger partial charge in [0, 0.05) is 31.0 Å². The van der Waals surface area contributed by atoms with Crippen LogP contribution in [0.2, 0.25) is 0 Å². The van der Waals surface area contributed by atoms with Gasteiger partial charge in [-0.1, -0.05) is 0 Å². The number of pyridine rings is 1. The number of rotatable bonds is 4. The first-order chi connectivity index (χ1) is 12.3. The summed E-state index contributed by atoms with van der Waals surface area (Å²) in [6.07, 6.45) is 6.90. The summed E-state index contributed by atoms with van der Waals surface area (Å²) in [7, 11) is 0. The molecule has 1 fully saturated rings. The molecule has 3 aromatic heterocycles. The summed E-state index contributed by atoms with van der Waals surface area (Å²) in [5, 5.41) is 12.5. The summed E-state index contributed by atoms with van der Waals surface area (Å²) < 4.78 is 0. The molecule has 1 aliphatic rings. The first kappa shape index (κ1) is 15.4. The van der Waals surface area contributed by atoms with E-state index in [1.165, 1.54) is 11.2 Å². The summed E-state index contributed by atoms with van der Waals surface area (Å²) in [5.74, 6) is 1.88. The van der Waals surface area contributed by atoms with Crippen molar-refractivity contribution in [2.45, 2.75) is 25.8 Å². The number of tetrazole rings is 1. The average molecular weight is 338 g/mol. The minimum absolute atomic E-state index is 0.208. The first-order valence-corrected chi connectivity index (χ1v) is 8.21. The molecule has 0 bridgehead atoms. The lowest BCUT2D eigenvalue weighted by atomic mass is 10.1. The van der Waals surface area contributed by atoms with Gasteiger partial charge in [0.1, 0.15) is 6.54 Å². The number of hydrogen-bond acceptors (Lipinski definition) is 9. The topological polar surface area (TPSA) is 124 Å². The molecule has 25 heavy (non-hydrogen) atoms. The van der Waals surface area contributed by atoms with Crippen LogP contribution in [-0.4, -0.2) is 53.2 Å². The van der Waals surface area contributed by atoms with Gasteiger partial charge in [-0.05, 0) is 36.6 Å². The van der Waals surface area contributed by atoms with Gasteiger partial charge in [-0.3, -0.25) is 4.98 Å². The Hall–Kier alpha value is -3.17. The van der Waals surface area contributed by atoms with Gasteiger partial charge in [-0.25, -0.2) is 0 Å². The second-order valence-corrected chi connectivity index (χ2v) is 5.84. The lowest BCUT2D eigenvalue weighted by Gasteiger charge is -2.26. The number of nitrogens with zero attached hydrogens (tertiary/aromatic N) is 9. The Labute approximate surface area is 144 Å². The largest absolute Gasteiger partial charge is 0.368 e. The number of nitrogens with two attached hydrogens (primary N) is 1. The van der Waals surface area contributed by atoms with Crippen molar-refractivity contribution in [3.05, 3.63) is 30.4 Å². The van der Waals surface area contributed by atoms with Crippen molar-refractivity contribution < 1.29 is 0 Å². The van der Waals surface area contributed by atoms with E-state index in [-0.39, 0.29) is 12.5 Å². The molecule has 4 heterocycles. The molecule has 4 rings (SSSR count). The highest BCUT2D eigenvalue weighted by Crippen LogP contribution is 2.16. The highest BCUT2D eigenvalue weighted by atomic mass is 15.6. The highest BCUT2D eigenvalue weighted by Gasteiger charge is 2.16. The molecule has 0 saturated carbocycles. The smallest absolute Gasteiger partial charge is 0.230 e. The average Bonchev–Trinajstić information content (AvgIpc) is 3.11. The Morgan fingerprint density at radius 1 is 1.00 bits per heavy atom. The maximum atomic E-state index is 5.85. The van der Waals surface area contributed by atoms with E-state index in [1.54, 1.807) is 12.4 Å². The fourth-order valence-electron chi connectivity index (χ4n) is 2.78. The second-order valence-electron chi connectivity index (χ2n) is 5.84. The van der Waals surface area contributed by atoms with Crippen molar-refractivity contribution in [2.75, 3.05) is 23.7 Å². The van der Waals surface area contributed by atoms with E-state index in [4.69, 9.17) is 5.73 Å². The van der Waals surface area contributed by atoms with Crippen LogP contribution in [0.15, 0.2) is 24.5 Å². The van der Waals surface area contributed by atoms with Crippen LogP contribution in [0.4, 0.5) is 11.9 Å². The Bertz CT molecular complexity index is 841. The summed E-state index contributed by atoms with van der Waals surface area (Å²) >= 11 is 0. The zero-order valence-corrected chi connectivity index (χ0v) is 13.7. The molecule has 2 N–H and O–H groups in total. The minimum atomic E-state index is 0.208. The number of hydrogen-bond donors (Lipinski definition) is 1. The summed E-state index contributed by atoms with van der Waals surface area (Å²) in [5.41, 5.74) is 6.71.